The van der Waals surface area contributed by atoms with Crippen molar-refractivity contribution in [2.24, 2.45) is 0 Å². The quantitative estimate of drug-likeness (QED) is 0.0112. The Balaban J connectivity index is 0. The fourth-order valence-electron chi connectivity index (χ4n) is 7.37. The van der Waals surface area contributed by atoms with Gasteiger partial charge in [0.2, 0.25) is 0 Å². The summed E-state index contributed by atoms with van der Waals surface area (Å²) >= 11 is 0. The van der Waals surface area contributed by atoms with Gasteiger partial charge in [-0.1, -0.05) is 200 Å². The van der Waals surface area contributed by atoms with Crippen LogP contribution in [0.15, 0.2) is 0 Å². The van der Waals surface area contributed by atoms with Crippen LogP contribution in [0.4, 0.5) is 0 Å². The Morgan fingerprint density at radius 1 is 0.408 bits per heavy atom. The summed E-state index contributed by atoms with van der Waals surface area (Å²) in [5.41, 5.74) is 0. The van der Waals surface area contributed by atoms with Gasteiger partial charge in [-0.2, -0.15) is 0 Å². The fourth-order valence-corrected chi connectivity index (χ4v) is 8.86. The third-order valence-electron chi connectivity index (χ3n) is 12.0. The van der Waals surface area contributed by atoms with E-state index in [1.807, 2.05) is 42.3 Å². The van der Waals surface area contributed by atoms with Gasteiger partial charge < -0.3 is 28.2 Å². The summed E-state index contributed by atoms with van der Waals surface area (Å²) in [5.74, 6) is -0.391. The maximum atomic E-state index is 11.9. The van der Waals surface area contributed by atoms with E-state index in [2.05, 4.69) is 23.6 Å². The number of quaternary nitrogens is 2. The van der Waals surface area contributed by atoms with E-state index in [9.17, 15) is 23.7 Å². The summed E-state index contributed by atoms with van der Waals surface area (Å²) in [6.07, 6.45) is 38.4. The predicted octanol–water partition coefficient (Wildman–Crippen LogP) is 13.5. The van der Waals surface area contributed by atoms with Crippen LogP contribution in [0.2, 0.25) is 0 Å². The minimum atomic E-state index is -4.28. The van der Waals surface area contributed by atoms with Gasteiger partial charge in [-0.05, 0) is 12.8 Å². The van der Waals surface area contributed by atoms with Crippen molar-refractivity contribution in [2.45, 2.75) is 232 Å². The molecule has 0 aromatic carbocycles. The molecule has 19 heteroatoms. The van der Waals surface area contributed by atoms with Gasteiger partial charge in [0.1, 0.15) is 39.0 Å². The monoisotopic (exact) mass is 1070 g/mol. The van der Waals surface area contributed by atoms with Gasteiger partial charge in [-0.25, -0.2) is 18.9 Å². The molecule has 0 heterocycles. The molecule has 0 bridgehead atoms. The molecule has 0 aliphatic rings. The van der Waals surface area contributed by atoms with Crippen LogP contribution in [0.5, 0.6) is 0 Å². The van der Waals surface area contributed by atoms with Crippen LogP contribution in [-0.4, -0.2) is 149 Å². The fraction of sp³-hybridized carbons (Fsp3) is 0.981. The summed E-state index contributed by atoms with van der Waals surface area (Å²) in [5, 5.41) is 17.9. The second-order valence-electron chi connectivity index (χ2n) is 21.4. The van der Waals surface area contributed by atoms with Gasteiger partial charge >= 0.3 is 21.6 Å². The van der Waals surface area contributed by atoms with E-state index >= 15 is 0 Å². The number of esters is 1. The molecular weight excluding hydrogens is 955 g/mol. The minimum absolute atomic E-state index is 0.0379. The number of ether oxygens (including phenoxy) is 2. The first-order chi connectivity index (χ1) is 33.8. The summed E-state index contributed by atoms with van der Waals surface area (Å²) < 4.78 is 55.1. The van der Waals surface area contributed by atoms with Crippen molar-refractivity contribution in [2.75, 3.05) is 102 Å². The molecule has 0 saturated heterocycles. The third kappa shape index (κ3) is 58.5. The molecule has 4 unspecified atom stereocenters. The lowest BCUT2D eigenvalue weighted by Crippen LogP contribution is -2.37. The zero-order valence-corrected chi connectivity index (χ0v) is 48.5. The highest BCUT2D eigenvalue weighted by Crippen LogP contribution is 2.44. The van der Waals surface area contributed by atoms with Crippen molar-refractivity contribution in [3.63, 3.8) is 0 Å². The highest BCUT2D eigenvalue weighted by molar-refractivity contribution is 7.47. The second kappa shape index (κ2) is 49.0. The second-order valence-corrected chi connectivity index (χ2v) is 24.3. The molecule has 0 amide bonds. The molecule has 0 saturated carbocycles. The zero-order chi connectivity index (χ0) is 53.4. The maximum absolute atomic E-state index is 11.9. The highest BCUT2D eigenvalue weighted by Gasteiger charge is 2.27. The van der Waals surface area contributed by atoms with E-state index < -0.39 is 40.4 Å². The number of nitrogens with zero attached hydrogens (tertiary/aromatic N) is 2. The number of carbonyl (C=O) groups is 1. The average Bonchev–Trinajstić information content (AvgIpc) is 3.30. The number of rotatable bonds is 53. The Morgan fingerprint density at radius 3 is 1.01 bits per heavy atom. The summed E-state index contributed by atoms with van der Waals surface area (Å²) in [4.78, 5) is 39.8. The number of phosphoric acid groups is 2. The Bertz CT molecular complexity index is 1260. The molecule has 0 aliphatic carbocycles. The van der Waals surface area contributed by atoms with E-state index in [1.54, 1.807) is 0 Å². The Morgan fingerprint density at radius 2 is 0.704 bits per heavy atom. The molecule has 428 valence electrons. The summed E-state index contributed by atoms with van der Waals surface area (Å²) in [7, 11) is 3.19. The van der Waals surface area contributed by atoms with Gasteiger partial charge in [0.05, 0.1) is 62.1 Å². The van der Waals surface area contributed by atoms with Crippen LogP contribution >= 0.6 is 15.6 Å². The topological polar surface area (TPSA) is 206 Å². The summed E-state index contributed by atoms with van der Waals surface area (Å²) in [6.45, 7) is 5.40. The van der Waals surface area contributed by atoms with Crippen LogP contribution in [-0.2, 0) is 51.3 Å². The van der Waals surface area contributed by atoms with Gasteiger partial charge in [0, 0.05) is 13.0 Å². The Hall–Kier alpha value is -0.590. The molecule has 0 spiro atoms. The average molecular weight is 1070 g/mol. The molecule has 4 N–H and O–H groups in total. The molecular formula is C52H112N2O15P2+2. The van der Waals surface area contributed by atoms with E-state index in [1.165, 1.54) is 167 Å². The highest BCUT2D eigenvalue weighted by atomic mass is 31.2. The standard InChI is InChI=1S/C26H54NO8P.C26H56NO7P/c1-5-6-7-8-9-10-11-12-13-14-15-16-17-18-19-20-26(28)32-23-25(35-29)24-34-36(30,31)33-22-21-27(2,3)4;1-5-6-7-8-9-10-11-12-13-14-15-16-17-18-19-20-22-31-24-26(34-28)25-33-35(29,30)32-23-21-27(2,3)4/h25H,5-24H2,1-4H3,(H-,29,30,31);26H,5-25H2,1-4H3,(H-,28,29,30)/p+2. The smallest absolute Gasteiger partial charge is 0.463 e. The van der Waals surface area contributed by atoms with Crippen molar-refractivity contribution in [1.29, 1.82) is 0 Å². The van der Waals surface area contributed by atoms with Gasteiger partial charge in [-0.15, -0.1) is 0 Å². The van der Waals surface area contributed by atoms with E-state index in [-0.39, 0.29) is 33.0 Å². The minimum Gasteiger partial charge on any atom is -0.463 e. The maximum Gasteiger partial charge on any atom is 0.472 e. The van der Waals surface area contributed by atoms with Crippen LogP contribution in [0.25, 0.3) is 0 Å². The molecule has 0 radical (unpaired) electrons. The molecule has 0 rings (SSSR count). The molecule has 0 fully saturated rings. The van der Waals surface area contributed by atoms with Gasteiger partial charge in [0.25, 0.3) is 0 Å². The lowest BCUT2D eigenvalue weighted by Gasteiger charge is -2.24. The number of hydrogen-bond acceptors (Lipinski definition) is 13. The van der Waals surface area contributed by atoms with Crippen LogP contribution in [0.3, 0.4) is 0 Å². The zero-order valence-electron chi connectivity index (χ0n) is 46.7. The van der Waals surface area contributed by atoms with Crippen LogP contribution < -0.4 is 0 Å². The lowest BCUT2D eigenvalue weighted by atomic mass is 10.0. The number of phosphoric ester groups is 2. The van der Waals surface area contributed by atoms with Crippen LogP contribution in [0, 0.1) is 0 Å². The van der Waals surface area contributed by atoms with E-state index in [0.29, 0.717) is 35.1 Å². The number of hydrogen-bond donors (Lipinski definition) is 4. The van der Waals surface area contributed by atoms with Crippen LogP contribution in [0.1, 0.15) is 219 Å². The largest absolute Gasteiger partial charge is 0.472 e. The predicted molar refractivity (Wildman–Crippen MR) is 285 cm³/mol. The Kier molecular flexibility index (Phi) is 50.0. The van der Waals surface area contributed by atoms with E-state index in [0.717, 1.165) is 32.1 Å². The summed E-state index contributed by atoms with van der Waals surface area (Å²) in [6, 6.07) is 0. The molecule has 0 aromatic rings. The van der Waals surface area contributed by atoms with Crippen molar-refractivity contribution < 1.29 is 80.5 Å². The van der Waals surface area contributed by atoms with E-state index in [4.69, 9.17) is 38.1 Å². The number of unbranched alkanes of at least 4 members (excludes halogenated alkanes) is 29. The van der Waals surface area contributed by atoms with Crippen molar-refractivity contribution in [3.8, 4) is 0 Å². The molecule has 0 aliphatic heterocycles. The first-order valence-electron chi connectivity index (χ1n) is 28.0. The van der Waals surface area contributed by atoms with Crippen molar-refractivity contribution in [3.05, 3.63) is 0 Å². The Labute approximate surface area is 434 Å². The first kappa shape index (κ1) is 72.5. The van der Waals surface area contributed by atoms with Gasteiger partial charge in [0.15, 0.2) is 6.10 Å². The third-order valence-corrected chi connectivity index (χ3v) is 14.0. The first-order valence-corrected chi connectivity index (χ1v) is 31.0. The normalized spacial score (nSPS) is 14.6. The SMILES string of the molecule is CCCCCCCCCCCCCCCCCC(=O)OCC(COP(=O)(O)OCC[N+](C)(C)C)OO.CCCCCCCCCCCCCCCCCCOCC(COP(=O)(O)OCC[N+](C)(C)C)OO. The van der Waals surface area contributed by atoms with Crippen molar-refractivity contribution >= 4 is 21.6 Å². The molecule has 4 atom stereocenters. The number of likely N-dealkylation sites (N-methyl/N-ethyl adjacent to an activating group) is 2. The van der Waals surface area contributed by atoms with Gasteiger partial charge in [-0.3, -0.25) is 33.4 Å². The number of carbonyl (C=O) groups excluding carboxylic acids is 1. The molecule has 0 aromatic heterocycles. The van der Waals surface area contributed by atoms with Crippen molar-refractivity contribution in [1.82, 2.24) is 0 Å². The molecule has 17 nitrogen and oxygen atoms in total. The lowest BCUT2D eigenvalue weighted by molar-refractivity contribution is -0.870. The molecule has 71 heavy (non-hydrogen) atoms.